The van der Waals surface area contributed by atoms with Gasteiger partial charge in [-0.25, -0.2) is 4.79 Å². The molecule has 7 heteroatoms. The van der Waals surface area contributed by atoms with Gasteiger partial charge in [0.2, 0.25) is 0 Å². The molecule has 0 atom stereocenters. The Morgan fingerprint density at radius 1 is 1.22 bits per heavy atom. The van der Waals surface area contributed by atoms with E-state index in [1.54, 1.807) is 13.3 Å². The molecule has 0 bridgehead atoms. The fraction of sp³-hybridized carbons (Fsp3) is 0.300. The number of pyridine rings is 1. The Morgan fingerprint density at radius 2 is 1.93 bits per heavy atom. The molecule has 27 heavy (non-hydrogen) atoms. The topological polar surface area (TPSA) is 67.6 Å². The van der Waals surface area contributed by atoms with Gasteiger partial charge in [-0.3, -0.25) is 4.98 Å². The lowest BCUT2D eigenvalue weighted by molar-refractivity contribution is 0.132. The Bertz CT molecular complexity index is 976. The largest absolute Gasteiger partial charge is 0.494 e. The molecule has 1 fully saturated rings. The molecule has 0 aliphatic carbocycles. The molecule has 1 aliphatic heterocycles. The van der Waals surface area contributed by atoms with Crippen LogP contribution in [0.4, 0.5) is 4.79 Å². The number of hydrogen-bond donors (Lipinski definition) is 1. The van der Waals surface area contributed by atoms with E-state index in [2.05, 4.69) is 15.7 Å². The van der Waals surface area contributed by atoms with Crippen molar-refractivity contribution in [2.24, 2.45) is 0 Å². The first kappa shape index (κ1) is 17.7. The van der Waals surface area contributed by atoms with Crippen LogP contribution in [0.25, 0.3) is 16.6 Å². The van der Waals surface area contributed by atoms with Crippen molar-refractivity contribution in [2.75, 3.05) is 20.2 Å². The zero-order valence-electron chi connectivity index (χ0n) is 14.9. The molecule has 0 radical (unpaired) electrons. The van der Waals surface area contributed by atoms with E-state index < -0.39 is 6.09 Å². The highest BCUT2D eigenvalue weighted by atomic mass is 35.5. The number of hydrogen-bond acceptors (Lipinski definition) is 3. The standard InChI is InChI=1S/C20H20ClN3O3/c1-27-18-11-22-10-17-19(18)16(13-6-8-23(9-7-13)20(25)26)12-24(17)15-4-2-14(21)3-5-15/h2-5,10-13H,6-9H2,1H3,(H,25,26). The van der Waals surface area contributed by atoms with Gasteiger partial charge in [0, 0.05) is 35.4 Å². The van der Waals surface area contributed by atoms with Crippen LogP contribution in [0.5, 0.6) is 5.75 Å². The summed E-state index contributed by atoms with van der Waals surface area (Å²) >= 11 is 6.04. The summed E-state index contributed by atoms with van der Waals surface area (Å²) in [5.41, 5.74) is 3.13. The Balaban J connectivity index is 1.81. The SMILES string of the molecule is COc1cncc2c1c(C1CCN(C(=O)O)CC1)cn2-c1ccc(Cl)cc1. The molecule has 1 saturated heterocycles. The number of carbonyl (C=O) groups is 1. The zero-order chi connectivity index (χ0) is 19.0. The molecule has 3 heterocycles. The number of fused-ring (bicyclic) bond motifs is 1. The summed E-state index contributed by atoms with van der Waals surface area (Å²) in [5.74, 6) is 1.00. The number of carboxylic acid groups (broad SMARTS) is 1. The molecule has 1 aliphatic rings. The number of likely N-dealkylation sites (tertiary alicyclic amines) is 1. The number of nitrogens with zero attached hydrogens (tertiary/aromatic N) is 3. The van der Waals surface area contributed by atoms with Crippen LogP contribution in [0.1, 0.15) is 24.3 Å². The van der Waals surface area contributed by atoms with Gasteiger partial charge in [-0.15, -0.1) is 0 Å². The molecule has 1 amide bonds. The summed E-state index contributed by atoms with van der Waals surface area (Å²) in [5, 5.41) is 10.9. The molecule has 6 nitrogen and oxygen atoms in total. The molecule has 1 aromatic carbocycles. The number of amides is 1. The van der Waals surface area contributed by atoms with Crippen molar-refractivity contribution in [3.8, 4) is 11.4 Å². The van der Waals surface area contributed by atoms with E-state index in [0.717, 1.165) is 35.2 Å². The Hall–Kier alpha value is -2.73. The zero-order valence-corrected chi connectivity index (χ0v) is 15.7. The average molecular weight is 386 g/mol. The van der Waals surface area contributed by atoms with Crippen LogP contribution in [0, 0.1) is 0 Å². The molecule has 1 N–H and O–H groups in total. The van der Waals surface area contributed by atoms with Crippen molar-refractivity contribution >= 4 is 28.6 Å². The Labute approximate surface area is 161 Å². The monoisotopic (exact) mass is 385 g/mol. The fourth-order valence-electron chi connectivity index (χ4n) is 3.84. The number of aromatic nitrogens is 2. The van der Waals surface area contributed by atoms with Crippen LogP contribution in [-0.2, 0) is 0 Å². The van der Waals surface area contributed by atoms with Crippen molar-refractivity contribution in [1.29, 1.82) is 0 Å². The highest BCUT2D eigenvalue weighted by molar-refractivity contribution is 6.30. The number of benzene rings is 1. The molecule has 140 valence electrons. The number of piperidine rings is 1. The van der Waals surface area contributed by atoms with E-state index in [9.17, 15) is 9.90 Å². The van der Waals surface area contributed by atoms with Gasteiger partial charge in [0.15, 0.2) is 0 Å². The van der Waals surface area contributed by atoms with Crippen molar-refractivity contribution in [2.45, 2.75) is 18.8 Å². The maximum absolute atomic E-state index is 11.2. The third-order valence-corrected chi connectivity index (χ3v) is 5.49. The summed E-state index contributed by atoms with van der Waals surface area (Å²) in [6.07, 6.45) is 6.42. The molecule has 0 spiro atoms. The average Bonchev–Trinajstić information content (AvgIpc) is 3.08. The Kier molecular flexibility index (Phi) is 4.66. The normalized spacial score (nSPS) is 15.3. The van der Waals surface area contributed by atoms with Crippen LogP contribution in [0.15, 0.2) is 42.9 Å². The first-order valence-electron chi connectivity index (χ1n) is 8.85. The number of methoxy groups -OCH3 is 1. The summed E-state index contributed by atoms with van der Waals surface area (Å²) in [6.45, 7) is 1.09. The molecule has 3 aromatic rings. The summed E-state index contributed by atoms with van der Waals surface area (Å²) in [7, 11) is 1.65. The predicted octanol–water partition coefficient (Wildman–Crippen LogP) is 4.54. The van der Waals surface area contributed by atoms with E-state index >= 15 is 0 Å². The van der Waals surface area contributed by atoms with Gasteiger partial charge >= 0.3 is 6.09 Å². The number of ether oxygens (including phenoxy) is 1. The minimum Gasteiger partial charge on any atom is -0.494 e. The van der Waals surface area contributed by atoms with Gasteiger partial charge in [0.25, 0.3) is 0 Å². The van der Waals surface area contributed by atoms with Crippen LogP contribution >= 0.6 is 11.6 Å². The lowest BCUT2D eigenvalue weighted by atomic mass is 9.89. The van der Waals surface area contributed by atoms with Gasteiger partial charge in [0.1, 0.15) is 5.75 Å². The third-order valence-electron chi connectivity index (χ3n) is 5.24. The van der Waals surface area contributed by atoms with Gasteiger partial charge in [-0.05, 0) is 48.6 Å². The van der Waals surface area contributed by atoms with Gasteiger partial charge in [-0.2, -0.15) is 0 Å². The van der Waals surface area contributed by atoms with E-state index in [1.165, 1.54) is 10.5 Å². The van der Waals surface area contributed by atoms with E-state index in [-0.39, 0.29) is 5.92 Å². The van der Waals surface area contributed by atoms with Crippen LogP contribution in [0.2, 0.25) is 5.02 Å². The van der Waals surface area contributed by atoms with Crippen LogP contribution in [0.3, 0.4) is 0 Å². The maximum Gasteiger partial charge on any atom is 0.407 e. The second-order valence-electron chi connectivity index (χ2n) is 6.71. The maximum atomic E-state index is 11.2. The highest BCUT2D eigenvalue weighted by Crippen LogP contribution is 2.39. The van der Waals surface area contributed by atoms with Crippen molar-refractivity contribution in [3.05, 3.63) is 53.4 Å². The summed E-state index contributed by atoms with van der Waals surface area (Å²) in [4.78, 5) is 17.0. The van der Waals surface area contributed by atoms with Crippen LogP contribution in [-0.4, -0.2) is 45.9 Å². The molecule has 0 unspecified atom stereocenters. The molecule has 0 saturated carbocycles. The molecule has 4 rings (SSSR count). The highest BCUT2D eigenvalue weighted by Gasteiger charge is 2.27. The van der Waals surface area contributed by atoms with Gasteiger partial charge < -0.3 is 19.3 Å². The Morgan fingerprint density at radius 3 is 2.56 bits per heavy atom. The van der Waals surface area contributed by atoms with Crippen LogP contribution < -0.4 is 4.74 Å². The van der Waals surface area contributed by atoms with Crippen molar-refractivity contribution < 1.29 is 14.6 Å². The number of rotatable bonds is 3. The third kappa shape index (κ3) is 3.21. The molecular weight excluding hydrogens is 366 g/mol. The minimum absolute atomic E-state index is 0.271. The van der Waals surface area contributed by atoms with Gasteiger partial charge in [-0.1, -0.05) is 11.6 Å². The number of halogens is 1. The lowest BCUT2D eigenvalue weighted by Gasteiger charge is -2.30. The van der Waals surface area contributed by atoms with E-state index in [4.69, 9.17) is 16.3 Å². The van der Waals surface area contributed by atoms with Crippen molar-refractivity contribution in [1.82, 2.24) is 14.5 Å². The predicted molar refractivity (Wildman–Crippen MR) is 104 cm³/mol. The van der Waals surface area contributed by atoms with Crippen molar-refractivity contribution in [3.63, 3.8) is 0 Å². The van der Waals surface area contributed by atoms with Gasteiger partial charge in [0.05, 0.1) is 25.0 Å². The second-order valence-corrected chi connectivity index (χ2v) is 7.15. The minimum atomic E-state index is -0.848. The quantitative estimate of drug-likeness (QED) is 0.718. The second kappa shape index (κ2) is 7.12. The lowest BCUT2D eigenvalue weighted by Crippen LogP contribution is -2.36. The first-order chi connectivity index (χ1) is 13.1. The fourth-order valence-corrected chi connectivity index (χ4v) is 3.96. The molecular formula is C20H20ClN3O3. The van der Waals surface area contributed by atoms with E-state index in [0.29, 0.717) is 18.1 Å². The molecule has 2 aromatic heterocycles. The smallest absolute Gasteiger partial charge is 0.407 e. The van der Waals surface area contributed by atoms with E-state index in [1.807, 2.05) is 30.5 Å². The summed E-state index contributed by atoms with van der Waals surface area (Å²) < 4.78 is 7.68. The first-order valence-corrected chi connectivity index (χ1v) is 9.23. The summed E-state index contributed by atoms with van der Waals surface area (Å²) in [6, 6.07) is 7.67.